The maximum Gasteiger partial charge on any atom is 0.0818 e. The van der Waals surface area contributed by atoms with E-state index >= 15 is 0 Å². The summed E-state index contributed by atoms with van der Waals surface area (Å²) < 4.78 is 0. The molecule has 0 heterocycles. The molecule has 0 spiro atoms. The van der Waals surface area contributed by atoms with Crippen molar-refractivity contribution in [3.63, 3.8) is 0 Å². The largest absolute Gasteiger partial charge is 0.388 e. The maximum atomic E-state index is 10.1. The van der Waals surface area contributed by atoms with E-state index in [1.807, 2.05) is 12.1 Å². The Hall–Kier alpha value is -0.820. The molecule has 1 atom stereocenters. The molecule has 0 aromatic heterocycles. The second-order valence-corrected chi connectivity index (χ2v) is 4.40. The molecule has 0 saturated heterocycles. The quantitative estimate of drug-likeness (QED) is 0.759. The van der Waals surface area contributed by atoms with Crippen LogP contribution in [-0.4, -0.2) is 5.11 Å². The highest BCUT2D eigenvalue weighted by atomic mass is 16.3. The summed E-state index contributed by atoms with van der Waals surface area (Å²) in [6.45, 7) is 2.07. The fourth-order valence-electron chi connectivity index (χ4n) is 2.40. The van der Waals surface area contributed by atoms with Crippen molar-refractivity contribution < 1.29 is 5.11 Å². The van der Waals surface area contributed by atoms with Crippen molar-refractivity contribution >= 4 is 0 Å². The molecule has 1 heteroatoms. The van der Waals surface area contributed by atoms with Gasteiger partial charge in [0.15, 0.2) is 0 Å². The van der Waals surface area contributed by atoms with E-state index in [1.54, 1.807) is 0 Å². The molecule has 14 heavy (non-hydrogen) atoms. The number of hydrogen-bond donors (Lipinski definition) is 1. The second-order valence-electron chi connectivity index (χ2n) is 4.40. The average Bonchev–Trinajstić information content (AvgIpc) is 2.69. The second kappa shape index (κ2) is 4.14. The van der Waals surface area contributed by atoms with Gasteiger partial charge >= 0.3 is 0 Å². The van der Waals surface area contributed by atoms with Gasteiger partial charge in [0.2, 0.25) is 0 Å². The van der Waals surface area contributed by atoms with Crippen molar-refractivity contribution in [1.82, 2.24) is 0 Å². The number of aryl methyl sites for hydroxylation is 1. The molecule has 0 unspecified atom stereocenters. The Bertz CT molecular complexity index is 300. The highest BCUT2D eigenvalue weighted by molar-refractivity contribution is 5.24. The van der Waals surface area contributed by atoms with E-state index in [0.29, 0.717) is 5.92 Å². The smallest absolute Gasteiger partial charge is 0.0818 e. The van der Waals surface area contributed by atoms with Crippen LogP contribution in [0.5, 0.6) is 0 Å². The standard InChI is InChI=1S/C13H18O/c1-10-5-4-8-12(9-10)13(14)11-6-2-3-7-11/h4-5,8-9,11,13-14H,2-3,6-7H2,1H3/t13-/m1/s1. The highest BCUT2D eigenvalue weighted by Gasteiger charge is 2.24. The van der Waals surface area contributed by atoms with Gasteiger partial charge in [0.05, 0.1) is 6.10 Å². The Kier molecular flexibility index (Phi) is 2.87. The number of aliphatic hydroxyl groups excluding tert-OH is 1. The number of rotatable bonds is 2. The van der Waals surface area contributed by atoms with Crippen LogP contribution in [0.4, 0.5) is 0 Å². The molecule has 1 N–H and O–H groups in total. The Morgan fingerprint density at radius 1 is 1.29 bits per heavy atom. The Morgan fingerprint density at radius 2 is 2.00 bits per heavy atom. The van der Waals surface area contributed by atoms with Gasteiger partial charge in [-0.3, -0.25) is 0 Å². The molecular formula is C13H18O. The highest BCUT2D eigenvalue weighted by Crippen LogP contribution is 2.35. The van der Waals surface area contributed by atoms with Crippen molar-refractivity contribution in [1.29, 1.82) is 0 Å². The van der Waals surface area contributed by atoms with E-state index in [1.165, 1.54) is 31.2 Å². The lowest BCUT2D eigenvalue weighted by atomic mass is 9.94. The molecule has 1 saturated carbocycles. The summed E-state index contributed by atoms with van der Waals surface area (Å²) >= 11 is 0. The molecule has 0 amide bonds. The lowest BCUT2D eigenvalue weighted by Crippen LogP contribution is -2.08. The summed E-state index contributed by atoms with van der Waals surface area (Å²) in [7, 11) is 0. The molecular weight excluding hydrogens is 172 g/mol. The minimum Gasteiger partial charge on any atom is -0.388 e. The molecule has 2 rings (SSSR count). The van der Waals surface area contributed by atoms with Gasteiger partial charge in [0.25, 0.3) is 0 Å². The topological polar surface area (TPSA) is 20.2 Å². The van der Waals surface area contributed by atoms with Crippen LogP contribution in [0.1, 0.15) is 42.9 Å². The molecule has 1 aliphatic carbocycles. The zero-order chi connectivity index (χ0) is 9.97. The minimum atomic E-state index is -0.239. The van der Waals surface area contributed by atoms with Gasteiger partial charge in [-0.1, -0.05) is 42.7 Å². The summed E-state index contributed by atoms with van der Waals surface area (Å²) in [6.07, 6.45) is 4.71. The molecule has 0 radical (unpaired) electrons. The first-order valence-electron chi connectivity index (χ1n) is 5.52. The minimum absolute atomic E-state index is 0.239. The maximum absolute atomic E-state index is 10.1. The lowest BCUT2D eigenvalue weighted by Gasteiger charge is -2.18. The van der Waals surface area contributed by atoms with Gasteiger partial charge < -0.3 is 5.11 Å². The van der Waals surface area contributed by atoms with Gasteiger partial charge in [-0.05, 0) is 31.2 Å². The van der Waals surface area contributed by atoms with Gasteiger partial charge in [0, 0.05) is 0 Å². The first-order valence-corrected chi connectivity index (χ1v) is 5.52. The molecule has 0 aliphatic heterocycles. The van der Waals surface area contributed by atoms with Crippen molar-refractivity contribution in [3.8, 4) is 0 Å². The third-order valence-electron chi connectivity index (χ3n) is 3.23. The van der Waals surface area contributed by atoms with E-state index in [9.17, 15) is 5.11 Å². The van der Waals surface area contributed by atoms with E-state index in [2.05, 4.69) is 19.1 Å². The number of aliphatic hydroxyl groups is 1. The Labute approximate surface area is 85.8 Å². The SMILES string of the molecule is Cc1cccc([C@H](O)C2CCCC2)c1. The molecule has 1 fully saturated rings. The third-order valence-corrected chi connectivity index (χ3v) is 3.23. The van der Waals surface area contributed by atoms with E-state index in [4.69, 9.17) is 0 Å². The van der Waals surface area contributed by atoms with Crippen molar-refractivity contribution in [2.24, 2.45) is 5.92 Å². The predicted octanol–water partition coefficient (Wildman–Crippen LogP) is 3.22. The fourth-order valence-corrected chi connectivity index (χ4v) is 2.40. The van der Waals surface area contributed by atoms with Crippen LogP contribution in [-0.2, 0) is 0 Å². The Morgan fingerprint density at radius 3 is 2.64 bits per heavy atom. The van der Waals surface area contributed by atoms with Gasteiger partial charge in [-0.25, -0.2) is 0 Å². The number of benzene rings is 1. The van der Waals surface area contributed by atoms with Crippen molar-refractivity contribution in [2.45, 2.75) is 38.7 Å². The van der Waals surface area contributed by atoms with Gasteiger partial charge in [-0.15, -0.1) is 0 Å². The third kappa shape index (κ3) is 1.98. The summed E-state index contributed by atoms with van der Waals surface area (Å²) in [4.78, 5) is 0. The van der Waals surface area contributed by atoms with Crippen LogP contribution in [0.3, 0.4) is 0 Å². The molecule has 0 bridgehead atoms. The van der Waals surface area contributed by atoms with Crippen molar-refractivity contribution in [3.05, 3.63) is 35.4 Å². The first-order chi connectivity index (χ1) is 6.77. The average molecular weight is 190 g/mol. The zero-order valence-corrected chi connectivity index (χ0v) is 8.74. The van der Waals surface area contributed by atoms with E-state index in [0.717, 1.165) is 5.56 Å². The summed E-state index contributed by atoms with van der Waals surface area (Å²) in [5.41, 5.74) is 2.33. The van der Waals surface area contributed by atoms with Crippen LogP contribution in [0.15, 0.2) is 24.3 Å². The van der Waals surface area contributed by atoms with Crippen LogP contribution >= 0.6 is 0 Å². The van der Waals surface area contributed by atoms with Gasteiger partial charge in [0.1, 0.15) is 0 Å². The molecule has 1 nitrogen and oxygen atoms in total. The van der Waals surface area contributed by atoms with Crippen LogP contribution in [0, 0.1) is 12.8 Å². The summed E-state index contributed by atoms with van der Waals surface area (Å²) in [6, 6.07) is 8.24. The number of hydrogen-bond acceptors (Lipinski definition) is 1. The molecule has 1 aromatic carbocycles. The first kappa shape index (κ1) is 9.72. The normalized spacial score (nSPS) is 19.9. The fraction of sp³-hybridized carbons (Fsp3) is 0.538. The predicted molar refractivity (Wildman–Crippen MR) is 58.1 cm³/mol. The molecule has 76 valence electrons. The van der Waals surface area contributed by atoms with Crippen LogP contribution in [0.2, 0.25) is 0 Å². The monoisotopic (exact) mass is 190 g/mol. The van der Waals surface area contributed by atoms with Crippen molar-refractivity contribution in [2.75, 3.05) is 0 Å². The zero-order valence-electron chi connectivity index (χ0n) is 8.74. The Balaban J connectivity index is 2.13. The van der Waals surface area contributed by atoms with E-state index in [-0.39, 0.29) is 6.10 Å². The summed E-state index contributed by atoms with van der Waals surface area (Å²) in [5, 5.41) is 10.1. The van der Waals surface area contributed by atoms with Crippen LogP contribution < -0.4 is 0 Å². The van der Waals surface area contributed by atoms with Crippen LogP contribution in [0.25, 0.3) is 0 Å². The lowest BCUT2D eigenvalue weighted by molar-refractivity contribution is 0.111. The summed E-state index contributed by atoms with van der Waals surface area (Å²) in [5.74, 6) is 0.497. The van der Waals surface area contributed by atoms with E-state index < -0.39 is 0 Å². The molecule has 1 aliphatic rings. The molecule has 1 aromatic rings. The van der Waals surface area contributed by atoms with Gasteiger partial charge in [-0.2, -0.15) is 0 Å².